The standard InChI is InChI=1S/C17H26N2O3S/c1-2-21-16(20)5-4-14-6-8-17(22-14)7-3-10-19(13-17)12-15-18-9-11-23-15/h9,11,14H,2-8,10,12-13H2,1H3/t14-,17+/m1/s1. The lowest BCUT2D eigenvalue weighted by molar-refractivity contribution is -0.144. The molecule has 23 heavy (non-hydrogen) atoms. The molecule has 3 rings (SSSR count). The van der Waals surface area contributed by atoms with Gasteiger partial charge in [0.1, 0.15) is 5.01 Å². The van der Waals surface area contributed by atoms with Gasteiger partial charge in [0.25, 0.3) is 0 Å². The lowest BCUT2D eigenvalue weighted by Gasteiger charge is -2.40. The number of thiazole rings is 1. The molecule has 1 spiro atoms. The minimum absolute atomic E-state index is 0.00512. The number of nitrogens with zero attached hydrogens (tertiary/aromatic N) is 2. The van der Waals surface area contributed by atoms with Crippen LogP contribution in [0.25, 0.3) is 0 Å². The minimum Gasteiger partial charge on any atom is -0.466 e. The van der Waals surface area contributed by atoms with Gasteiger partial charge in [-0.15, -0.1) is 11.3 Å². The van der Waals surface area contributed by atoms with Gasteiger partial charge in [0.05, 0.1) is 24.9 Å². The first-order valence-corrected chi connectivity index (χ1v) is 9.51. The van der Waals surface area contributed by atoms with Crippen molar-refractivity contribution in [2.24, 2.45) is 0 Å². The van der Waals surface area contributed by atoms with Crippen LogP contribution in [0.3, 0.4) is 0 Å². The number of esters is 1. The van der Waals surface area contributed by atoms with E-state index in [1.165, 1.54) is 11.4 Å². The van der Waals surface area contributed by atoms with Crippen LogP contribution in [0.15, 0.2) is 11.6 Å². The zero-order valence-electron chi connectivity index (χ0n) is 13.8. The molecule has 2 saturated heterocycles. The van der Waals surface area contributed by atoms with Gasteiger partial charge in [-0.05, 0) is 45.6 Å². The third-order valence-electron chi connectivity index (χ3n) is 4.78. The molecular weight excluding hydrogens is 312 g/mol. The highest BCUT2D eigenvalue weighted by atomic mass is 32.1. The number of hydrogen-bond donors (Lipinski definition) is 0. The largest absolute Gasteiger partial charge is 0.466 e. The lowest BCUT2D eigenvalue weighted by Crippen LogP contribution is -2.47. The van der Waals surface area contributed by atoms with Gasteiger partial charge in [-0.2, -0.15) is 0 Å². The SMILES string of the molecule is CCOC(=O)CC[C@@H]1CC[C@]2(CCCN(Cc3nccs3)C2)O1. The second-order valence-corrected chi connectivity index (χ2v) is 7.52. The fourth-order valence-electron chi connectivity index (χ4n) is 3.76. The number of rotatable bonds is 6. The molecule has 6 heteroatoms. The first kappa shape index (κ1) is 16.9. The maximum atomic E-state index is 11.5. The van der Waals surface area contributed by atoms with Gasteiger partial charge < -0.3 is 9.47 Å². The third-order valence-corrected chi connectivity index (χ3v) is 5.54. The van der Waals surface area contributed by atoms with Crippen LogP contribution < -0.4 is 0 Å². The van der Waals surface area contributed by atoms with E-state index in [-0.39, 0.29) is 17.7 Å². The smallest absolute Gasteiger partial charge is 0.305 e. The summed E-state index contributed by atoms with van der Waals surface area (Å²) in [5.74, 6) is -0.105. The molecule has 0 amide bonds. The van der Waals surface area contributed by atoms with Crippen LogP contribution in [-0.4, -0.2) is 47.3 Å². The molecule has 2 atom stereocenters. The van der Waals surface area contributed by atoms with Crippen LogP contribution >= 0.6 is 11.3 Å². The molecule has 0 saturated carbocycles. The first-order chi connectivity index (χ1) is 11.2. The second kappa shape index (κ2) is 7.73. The summed E-state index contributed by atoms with van der Waals surface area (Å²) in [6.07, 6.45) is 7.81. The molecule has 2 fully saturated rings. The zero-order valence-corrected chi connectivity index (χ0v) is 14.6. The predicted molar refractivity (Wildman–Crippen MR) is 89.3 cm³/mol. The van der Waals surface area contributed by atoms with E-state index in [0.29, 0.717) is 13.0 Å². The Morgan fingerprint density at radius 1 is 1.57 bits per heavy atom. The van der Waals surface area contributed by atoms with Gasteiger partial charge in [0.15, 0.2) is 0 Å². The normalized spacial score (nSPS) is 28.3. The Hall–Kier alpha value is -0.980. The molecule has 0 aliphatic carbocycles. The zero-order chi connectivity index (χ0) is 16.1. The second-order valence-electron chi connectivity index (χ2n) is 6.55. The summed E-state index contributed by atoms with van der Waals surface area (Å²) in [4.78, 5) is 18.4. The fourth-order valence-corrected chi connectivity index (χ4v) is 4.42. The monoisotopic (exact) mass is 338 g/mol. The van der Waals surface area contributed by atoms with E-state index < -0.39 is 0 Å². The molecule has 0 unspecified atom stereocenters. The Morgan fingerprint density at radius 3 is 3.26 bits per heavy atom. The maximum Gasteiger partial charge on any atom is 0.305 e. The molecule has 3 heterocycles. The molecule has 0 radical (unpaired) electrons. The van der Waals surface area contributed by atoms with Gasteiger partial charge >= 0.3 is 5.97 Å². The number of aromatic nitrogens is 1. The van der Waals surface area contributed by atoms with E-state index in [4.69, 9.17) is 9.47 Å². The van der Waals surface area contributed by atoms with Crippen LogP contribution in [0, 0.1) is 0 Å². The average Bonchev–Trinajstić information content (AvgIpc) is 3.16. The Morgan fingerprint density at radius 2 is 2.48 bits per heavy atom. The van der Waals surface area contributed by atoms with Gasteiger partial charge in [-0.1, -0.05) is 0 Å². The van der Waals surface area contributed by atoms with Crippen LogP contribution in [-0.2, 0) is 20.8 Å². The minimum atomic E-state index is -0.105. The third kappa shape index (κ3) is 4.52. The topological polar surface area (TPSA) is 51.7 Å². The number of carbonyl (C=O) groups is 1. The molecule has 0 bridgehead atoms. The van der Waals surface area contributed by atoms with Crippen LogP contribution in [0.2, 0.25) is 0 Å². The van der Waals surface area contributed by atoms with Crippen molar-refractivity contribution in [3.63, 3.8) is 0 Å². The number of carbonyl (C=O) groups excluding carboxylic acids is 1. The molecule has 2 aliphatic heterocycles. The molecular formula is C17H26N2O3S. The van der Waals surface area contributed by atoms with Crippen molar-refractivity contribution in [1.82, 2.24) is 9.88 Å². The molecule has 0 N–H and O–H groups in total. The highest BCUT2D eigenvalue weighted by Crippen LogP contribution is 2.39. The van der Waals surface area contributed by atoms with Crippen molar-refractivity contribution in [2.45, 2.75) is 63.7 Å². The fraction of sp³-hybridized carbons (Fsp3) is 0.765. The highest BCUT2D eigenvalue weighted by Gasteiger charge is 2.43. The van der Waals surface area contributed by atoms with Crippen LogP contribution in [0.1, 0.15) is 50.5 Å². The number of ether oxygens (including phenoxy) is 2. The van der Waals surface area contributed by atoms with E-state index in [1.807, 2.05) is 18.5 Å². The number of likely N-dealkylation sites (tertiary alicyclic amines) is 1. The van der Waals surface area contributed by atoms with Gasteiger partial charge in [-0.25, -0.2) is 4.98 Å². The van der Waals surface area contributed by atoms with E-state index in [1.54, 1.807) is 11.3 Å². The predicted octanol–water partition coefficient (Wildman–Crippen LogP) is 3.00. The number of hydrogen-bond acceptors (Lipinski definition) is 6. The van der Waals surface area contributed by atoms with E-state index in [2.05, 4.69) is 9.88 Å². The molecule has 1 aromatic heterocycles. The Labute approximate surface area is 142 Å². The summed E-state index contributed by atoms with van der Waals surface area (Å²) >= 11 is 1.72. The highest BCUT2D eigenvalue weighted by molar-refractivity contribution is 7.09. The first-order valence-electron chi connectivity index (χ1n) is 8.63. The summed E-state index contributed by atoms with van der Waals surface area (Å²) in [6, 6.07) is 0. The average molecular weight is 338 g/mol. The van der Waals surface area contributed by atoms with Crippen molar-refractivity contribution in [3.05, 3.63) is 16.6 Å². The summed E-state index contributed by atoms with van der Waals surface area (Å²) in [6.45, 7) is 5.34. The van der Waals surface area contributed by atoms with Crippen molar-refractivity contribution in [3.8, 4) is 0 Å². The van der Waals surface area contributed by atoms with Gasteiger partial charge in [-0.3, -0.25) is 9.69 Å². The van der Waals surface area contributed by atoms with Crippen molar-refractivity contribution < 1.29 is 14.3 Å². The summed E-state index contributed by atoms with van der Waals surface area (Å²) in [7, 11) is 0. The maximum absolute atomic E-state index is 11.5. The van der Waals surface area contributed by atoms with Gasteiger partial charge in [0, 0.05) is 24.5 Å². The van der Waals surface area contributed by atoms with Gasteiger partial charge in [0.2, 0.25) is 0 Å². The Bertz CT molecular complexity index is 508. The summed E-state index contributed by atoms with van der Waals surface area (Å²) in [5, 5.41) is 3.21. The van der Waals surface area contributed by atoms with Crippen LogP contribution in [0.5, 0.6) is 0 Å². The molecule has 1 aromatic rings. The Kier molecular flexibility index (Phi) is 5.67. The Balaban J connectivity index is 1.48. The molecule has 128 valence electrons. The quantitative estimate of drug-likeness (QED) is 0.746. The molecule has 5 nitrogen and oxygen atoms in total. The summed E-state index contributed by atoms with van der Waals surface area (Å²) in [5.41, 5.74) is -0.00512. The van der Waals surface area contributed by atoms with Crippen LogP contribution in [0.4, 0.5) is 0 Å². The number of piperidine rings is 1. The van der Waals surface area contributed by atoms with E-state index >= 15 is 0 Å². The van der Waals surface area contributed by atoms with Crippen molar-refractivity contribution in [2.75, 3.05) is 19.7 Å². The molecule has 2 aliphatic rings. The lowest BCUT2D eigenvalue weighted by atomic mass is 9.90. The van der Waals surface area contributed by atoms with Crippen molar-refractivity contribution in [1.29, 1.82) is 0 Å². The summed E-state index contributed by atoms with van der Waals surface area (Å²) < 4.78 is 11.4. The van der Waals surface area contributed by atoms with Crippen molar-refractivity contribution >= 4 is 17.3 Å². The van der Waals surface area contributed by atoms with E-state index in [9.17, 15) is 4.79 Å². The van der Waals surface area contributed by atoms with E-state index in [0.717, 1.165) is 45.3 Å². The molecule has 0 aromatic carbocycles.